The lowest BCUT2D eigenvalue weighted by molar-refractivity contribution is -0.143. The van der Waals surface area contributed by atoms with E-state index in [0.29, 0.717) is 19.6 Å². The number of fused-ring (bicyclic) bond motifs is 1. The third-order valence-corrected chi connectivity index (χ3v) is 3.82. The van der Waals surface area contributed by atoms with E-state index in [1.54, 1.807) is 0 Å². The molecule has 2 rings (SSSR count). The van der Waals surface area contributed by atoms with Gasteiger partial charge in [0.25, 0.3) is 0 Å². The molecule has 5 nitrogen and oxygen atoms in total. The molecule has 1 aliphatic rings. The highest BCUT2D eigenvalue weighted by Crippen LogP contribution is 2.34. The Bertz CT molecular complexity index is 489. The van der Waals surface area contributed by atoms with Gasteiger partial charge in [-0.2, -0.15) is 0 Å². The van der Waals surface area contributed by atoms with Gasteiger partial charge in [0.1, 0.15) is 19.3 Å². The Hall–Kier alpha value is -1.75. The van der Waals surface area contributed by atoms with Gasteiger partial charge in [0.05, 0.1) is 0 Å². The SMILES string of the molecule is CCC(C(=O)O)N(C)C(C)c1ccc2c(c1)OCCO2. The number of hydrogen-bond donors (Lipinski definition) is 1. The molecule has 0 saturated carbocycles. The van der Waals surface area contributed by atoms with Crippen molar-refractivity contribution >= 4 is 5.97 Å². The molecular weight excluding hydrogens is 258 g/mol. The molecular formula is C15H21NO4. The normalized spacial score (nSPS) is 16.8. The van der Waals surface area contributed by atoms with Crippen LogP contribution in [0.4, 0.5) is 0 Å². The van der Waals surface area contributed by atoms with Crippen molar-refractivity contribution in [1.29, 1.82) is 0 Å². The van der Waals surface area contributed by atoms with Crippen molar-refractivity contribution in [2.45, 2.75) is 32.4 Å². The second kappa shape index (κ2) is 6.13. The van der Waals surface area contributed by atoms with Crippen LogP contribution in [0.5, 0.6) is 11.5 Å². The van der Waals surface area contributed by atoms with Gasteiger partial charge in [0, 0.05) is 6.04 Å². The zero-order chi connectivity index (χ0) is 14.7. The summed E-state index contributed by atoms with van der Waals surface area (Å²) in [5, 5.41) is 9.25. The molecule has 20 heavy (non-hydrogen) atoms. The van der Waals surface area contributed by atoms with Crippen LogP contribution in [0.3, 0.4) is 0 Å². The van der Waals surface area contributed by atoms with E-state index in [9.17, 15) is 9.90 Å². The van der Waals surface area contributed by atoms with E-state index in [1.807, 2.05) is 44.0 Å². The van der Waals surface area contributed by atoms with Crippen molar-refractivity contribution in [3.8, 4) is 11.5 Å². The van der Waals surface area contributed by atoms with Crippen LogP contribution in [0.2, 0.25) is 0 Å². The third kappa shape index (κ3) is 2.88. The molecule has 0 saturated heterocycles. The van der Waals surface area contributed by atoms with E-state index in [-0.39, 0.29) is 6.04 Å². The molecule has 0 aromatic heterocycles. The lowest BCUT2D eigenvalue weighted by Gasteiger charge is -2.30. The van der Waals surface area contributed by atoms with Crippen molar-refractivity contribution in [3.05, 3.63) is 23.8 Å². The minimum absolute atomic E-state index is 0.00752. The van der Waals surface area contributed by atoms with E-state index < -0.39 is 12.0 Å². The maximum atomic E-state index is 11.3. The van der Waals surface area contributed by atoms with Crippen LogP contribution in [-0.4, -0.2) is 42.3 Å². The fourth-order valence-corrected chi connectivity index (χ4v) is 2.46. The Balaban J connectivity index is 2.20. The van der Waals surface area contributed by atoms with Crippen LogP contribution < -0.4 is 9.47 Å². The standard InChI is InChI=1S/C15H21NO4/c1-4-12(15(17)18)16(3)10(2)11-5-6-13-14(9-11)20-8-7-19-13/h5-6,9-10,12H,4,7-8H2,1-3H3,(H,17,18). The van der Waals surface area contributed by atoms with E-state index >= 15 is 0 Å². The second-order valence-electron chi connectivity index (χ2n) is 5.01. The van der Waals surface area contributed by atoms with Crippen LogP contribution in [0.25, 0.3) is 0 Å². The van der Waals surface area contributed by atoms with Crippen molar-refractivity contribution in [3.63, 3.8) is 0 Å². The molecule has 0 radical (unpaired) electrons. The molecule has 110 valence electrons. The maximum Gasteiger partial charge on any atom is 0.320 e. The van der Waals surface area contributed by atoms with Crippen LogP contribution in [0.15, 0.2) is 18.2 Å². The smallest absolute Gasteiger partial charge is 0.320 e. The number of carboxylic acids is 1. The minimum Gasteiger partial charge on any atom is -0.486 e. The highest BCUT2D eigenvalue weighted by molar-refractivity contribution is 5.73. The summed E-state index contributed by atoms with van der Waals surface area (Å²) in [6.45, 7) is 4.99. The Labute approximate surface area is 119 Å². The molecule has 0 spiro atoms. The summed E-state index contributed by atoms with van der Waals surface area (Å²) in [6.07, 6.45) is 0.570. The van der Waals surface area contributed by atoms with Gasteiger partial charge in [-0.3, -0.25) is 9.69 Å². The average Bonchev–Trinajstić information content (AvgIpc) is 2.46. The number of hydrogen-bond acceptors (Lipinski definition) is 4. The summed E-state index contributed by atoms with van der Waals surface area (Å²) < 4.78 is 11.1. The molecule has 1 N–H and O–H groups in total. The highest BCUT2D eigenvalue weighted by Gasteiger charge is 2.26. The molecule has 0 aliphatic carbocycles. The van der Waals surface area contributed by atoms with Gasteiger partial charge in [0.15, 0.2) is 11.5 Å². The average molecular weight is 279 g/mol. The van der Waals surface area contributed by atoms with Crippen molar-refractivity contribution in [1.82, 2.24) is 4.90 Å². The first-order valence-electron chi connectivity index (χ1n) is 6.89. The molecule has 1 heterocycles. The number of ether oxygens (including phenoxy) is 2. The van der Waals surface area contributed by atoms with Gasteiger partial charge in [-0.1, -0.05) is 13.0 Å². The van der Waals surface area contributed by atoms with Crippen LogP contribution in [0.1, 0.15) is 31.9 Å². The second-order valence-corrected chi connectivity index (χ2v) is 5.01. The summed E-state index contributed by atoms with van der Waals surface area (Å²) in [6, 6.07) is 5.29. The lowest BCUT2D eigenvalue weighted by Crippen LogP contribution is -2.39. The fraction of sp³-hybridized carbons (Fsp3) is 0.533. The number of carbonyl (C=O) groups is 1. The first-order chi connectivity index (χ1) is 9.54. The molecule has 2 unspecified atom stereocenters. The highest BCUT2D eigenvalue weighted by atomic mass is 16.6. The van der Waals surface area contributed by atoms with Gasteiger partial charge in [-0.05, 0) is 38.1 Å². The number of likely N-dealkylation sites (N-methyl/N-ethyl adjacent to an activating group) is 1. The van der Waals surface area contributed by atoms with E-state index in [0.717, 1.165) is 17.1 Å². The predicted molar refractivity (Wildman–Crippen MR) is 75.3 cm³/mol. The third-order valence-electron chi connectivity index (χ3n) is 3.82. The van der Waals surface area contributed by atoms with E-state index in [4.69, 9.17) is 9.47 Å². The molecule has 1 aromatic rings. The zero-order valence-electron chi connectivity index (χ0n) is 12.1. The summed E-state index contributed by atoms with van der Waals surface area (Å²) in [7, 11) is 1.84. The number of nitrogens with zero attached hydrogens (tertiary/aromatic N) is 1. The van der Waals surface area contributed by atoms with Gasteiger partial charge < -0.3 is 14.6 Å². The Morgan fingerprint density at radius 2 is 2.00 bits per heavy atom. The Morgan fingerprint density at radius 3 is 2.60 bits per heavy atom. The summed E-state index contributed by atoms with van der Waals surface area (Å²) in [5.74, 6) is 0.692. The zero-order valence-corrected chi connectivity index (χ0v) is 12.1. The van der Waals surface area contributed by atoms with E-state index in [1.165, 1.54) is 0 Å². The largest absolute Gasteiger partial charge is 0.486 e. The first kappa shape index (κ1) is 14.7. The van der Waals surface area contributed by atoms with Crippen molar-refractivity contribution in [2.75, 3.05) is 20.3 Å². The molecule has 1 aromatic carbocycles. The van der Waals surface area contributed by atoms with Gasteiger partial charge in [0.2, 0.25) is 0 Å². The first-order valence-corrected chi connectivity index (χ1v) is 6.89. The van der Waals surface area contributed by atoms with Crippen LogP contribution in [-0.2, 0) is 4.79 Å². The van der Waals surface area contributed by atoms with Crippen LogP contribution in [0, 0.1) is 0 Å². The monoisotopic (exact) mass is 279 g/mol. The molecule has 2 atom stereocenters. The lowest BCUT2D eigenvalue weighted by atomic mass is 10.0. The number of carboxylic acid groups (broad SMARTS) is 1. The number of benzene rings is 1. The summed E-state index contributed by atoms with van der Waals surface area (Å²) >= 11 is 0. The predicted octanol–water partition coefficient (Wildman–Crippen LogP) is 2.31. The minimum atomic E-state index is -0.792. The Kier molecular flexibility index (Phi) is 4.49. The van der Waals surface area contributed by atoms with Gasteiger partial charge in [-0.15, -0.1) is 0 Å². The topological polar surface area (TPSA) is 59.0 Å². The molecule has 0 amide bonds. The maximum absolute atomic E-state index is 11.3. The molecule has 1 aliphatic heterocycles. The fourth-order valence-electron chi connectivity index (χ4n) is 2.46. The quantitative estimate of drug-likeness (QED) is 0.896. The van der Waals surface area contributed by atoms with Crippen molar-refractivity contribution in [2.24, 2.45) is 0 Å². The Morgan fingerprint density at radius 1 is 1.35 bits per heavy atom. The summed E-state index contributed by atoms with van der Waals surface area (Å²) in [4.78, 5) is 13.1. The van der Waals surface area contributed by atoms with Crippen molar-refractivity contribution < 1.29 is 19.4 Å². The van der Waals surface area contributed by atoms with Gasteiger partial charge >= 0.3 is 5.97 Å². The molecule has 5 heteroatoms. The van der Waals surface area contributed by atoms with E-state index in [2.05, 4.69) is 0 Å². The van der Waals surface area contributed by atoms with Gasteiger partial charge in [-0.25, -0.2) is 0 Å². The summed E-state index contributed by atoms with van der Waals surface area (Å²) in [5.41, 5.74) is 1.02. The molecule has 0 fully saturated rings. The molecule has 0 bridgehead atoms. The number of rotatable bonds is 5. The number of aliphatic carboxylic acids is 1. The van der Waals surface area contributed by atoms with Crippen LogP contribution >= 0.6 is 0 Å².